The second-order valence-electron chi connectivity index (χ2n) is 5.13. The molecule has 7 heteroatoms. The number of nitrogens with zero attached hydrogens (tertiary/aromatic N) is 1. The van der Waals surface area contributed by atoms with Crippen LogP contribution in [-0.2, 0) is 9.84 Å². The van der Waals surface area contributed by atoms with Crippen LogP contribution in [0.4, 0.5) is 0 Å². The quantitative estimate of drug-likeness (QED) is 0.882. The number of rotatable bonds is 5. The minimum Gasteiger partial charge on any atom is -0.344 e. The molecule has 0 aliphatic carbocycles. The Morgan fingerprint density at radius 1 is 1.33 bits per heavy atom. The minimum atomic E-state index is -3.02. The largest absolute Gasteiger partial charge is 0.344 e. The first-order valence-electron chi connectivity index (χ1n) is 6.52. The van der Waals surface area contributed by atoms with Crippen molar-refractivity contribution in [3.8, 4) is 11.3 Å². The Kier molecular flexibility index (Phi) is 4.70. The molecule has 1 unspecified atom stereocenters. The molecule has 21 heavy (non-hydrogen) atoms. The van der Waals surface area contributed by atoms with E-state index in [4.69, 9.17) is 17.3 Å². The van der Waals surface area contributed by atoms with Crippen LogP contribution in [0.3, 0.4) is 0 Å². The lowest BCUT2D eigenvalue weighted by Gasteiger charge is -2.07. The molecule has 0 spiro atoms. The maximum atomic E-state index is 11.2. The molecule has 114 valence electrons. The molecule has 0 radical (unpaired) electrons. The molecule has 0 bridgehead atoms. The van der Waals surface area contributed by atoms with E-state index in [9.17, 15) is 8.42 Å². The average Bonchev–Trinajstić information content (AvgIpc) is 2.78. The van der Waals surface area contributed by atoms with Crippen molar-refractivity contribution in [1.29, 1.82) is 0 Å². The van der Waals surface area contributed by atoms with E-state index in [0.29, 0.717) is 17.3 Å². The zero-order valence-corrected chi connectivity index (χ0v) is 13.5. The molecule has 1 atom stereocenters. The first kappa shape index (κ1) is 16.0. The second kappa shape index (κ2) is 6.17. The lowest BCUT2D eigenvalue weighted by Crippen LogP contribution is -2.17. The predicted octanol–water partition coefficient (Wildman–Crippen LogP) is 2.47. The lowest BCUT2D eigenvalue weighted by atomic mass is 10.1. The van der Waals surface area contributed by atoms with Crippen LogP contribution in [0.15, 0.2) is 24.3 Å². The van der Waals surface area contributed by atoms with Gasteiger partial charge in [-0.05, 0) is 25.5 Å². The van der Waals surface area contributed by atoms with Gasteiger partial charge in [0.2, 0.25) is 0 Å². The van der Waals surface area contributed by atoms with E-state index in [-0.39, 0.29) is 5.75 Å². The third kappa shape index (κ3) is 4.30. The zero-order valence-electron chi connectivity index (χ0n) is 11.9. The molecule has 1 heterocycles. The van der Waals surface area contributed by atoms with Gasteiger partial charge in [0.15, 0.2) is 0 Å². The smallest absolute Gasteiger partial charge is 0.147 e. The maximum absolute atomic E-state index is 11.2. The SMILES string of the molecule is Cc1[nH]c(C(N)CCS(C)(=O)=O)nc1-c1ccc(Cl)cc1. The van der Waals surface area contributed by atoms with Crippen molar-refractivity contribution < 1.29 is 8.42 Å². The number of nitrogens with one attached hydrogen (secondary N) is 1. The van der Waals surface area contributed by atoms with Crippen molar-refractivity contribution in [2.75, 3.05) is 12.0 Å². The highest BCUT2D eigenvalue weighted by Crippen LogP contribution is 2.25. The van der Waals surface area contributed by atoms with Gasteiger partial charge >= 0.3 is 0 Å². The molecule has 2 rings (SSSR count). The van der Waals surface area contributed by atoms with E-state index in [1.54, 1.807) is 12.1 Å². The van der Waals surface area contributed by atoms with Crippen LogP contribution in [0, 0.1) is 6.92 Å². The number of aromatic amines is 1. The third-order valence-electron chi connectivity index (χ3n) is 3.17. The maximum Gasteiger partial charge on any atom is 0.147 e. The van der Waals surface area contributed by atoms with Gasteiger partial charge in [-0.3, -0.25) is 0 Å². The van der Waals surface area contributed by atoms with E-state index in [2.05, 4.69) is 9.97 Å². The monoisotopic (exact) mass is 327 g/mol. The Hall–Kier alpha value is -1.37. The molecule has 3 N–H and O–H groups in total. The summed E-state index contributed by atoms with van der Waals surface area (Å²) >= 11 is 5.87. The van der Waals surface area contributed by atoms with Gasteiger partial charge in [-0.25, -0.2) is 13.4 Å². The van der Waals surface area contributed by atoms with Crippen molar-refractivity contribution >= 4 is 21.4 Å². The normalized spacial score (nSPS) is 13.3. The van der Waals surface area contributed by atoms with Gasteiger partial charge < -0.3 is 10.7 Å². The molecule has 0 saturated heterocycles. The van der Waals surface area contributed by atoms with Gasteiger partial charge in [-0.1, -0.05) is 23.7 Å². The van der Waals surface area contributed by atoms with E-state index < -0.39 is 15.9 Å². The van der Waals surface area contributed by atoms with Gasteiger partial charge in [0.25, 0.3) is 0 Å². The summed E-state index contributed by atoms with van der Waals surface area (Å²) in [5.74, 6) is 0.644. The lowest BCUT2D eigenvalue weighted by molar-refractivity contribution is 0.587. The zero-order chi connectivity index (χ0) is 15.6. The topological polar surface area (TPSA) is 88.8 Å². The molecule has 1 aromatic carbocycles. The molecule has 1 aromatic heterocycles. The minimum absolute atomic E-state index is 0.0458. The Balaban J connectivity index is 2.20. The third-order valence-corrected chi connectivity index (χ3v) is 4.40. The highest BCUT2D eigenvalue weighted by atomic mass is 35.5. The molecule has 0 fully saturated rings. The standard InChI is InChI=1S/C14H18ClN3O2S/c1-9-13(10-3-5-11(15)6-4-10)18-14(17-9)12(16)7-8-21(2,19)20/h3-6,12H,7-8,16H2,1-2H3,(H,17,18). The van der Waals surface area contributed by atoms with Gasteiger partial charge in [0.05, 0.1) is 17.5 Å². The van der Waals surface area contributed by atoms with Crippen LogP contribution < -0.4 is 5.73 Å². The summed E-state index contributed by atoms with van der Waals surface area (Å²) in [5, 5.41) is 0.664. The first-order chi connectivity index (χ1) is 9.76. The summed E-state index contributed by atoms with van der Waals surface area (Å²) in [6.45, 7) is 1.91. The van der Waals surface area contributed by atoms with Gasteiger partial charge in [-0.15, -0.1) is 0 Å². The highest BCUT2D eigenvalue weighted by molar-refractivity contribution is 7.90. The molecule has 0 aliphatic rings. The fourth-order valence-corrected chi connectivity index (χ4v) is 2.83. The molecule has 0 amide bonds. The van der Waals surface area contributed by atoms with Gasteiger partial charge in [-0.2, -0.15) is 0 Å². The predicted molar refractivity (Wildman–Crippen MR) is 85.0 cm³/mol. The van der Waals surface area contributed by atoms with Crippen LogP contribution in [0.25, 0.3) is 11.3 Å². The van der Waals surface area contributed by atoms with E-state index in [0.717, 1.165) is 17.0 Å². The molecule has 0 saturated carbocycles. The van der Waals surface area contributed by atoms with Crippen LogP contribution in [0.1, 0.15) is 24.0 Å². The molecular formula is C14H18ClN3O2S. The summed E-state index contributed by atoms with van der Waals surface area (Å²) in [6, 6.07) is 6.94. The number of aromatic nitrogens is 2. The summed E-state index contributed by atoms with van der Waals surface area (Å²) in [7, 11) is -3.02. The highest BCUT2D eigenvalue weighted by Gasteiger charge is 2.16. The number of hydrogen-bond acceptors (Lipinski definition) is 4. The number of H-pyrrole nitrogens is 1. The molecule has 2 aromatic rings. The summed E-state index contributed by atoms with van der Waals surface area (Å²) < 4.78 is 22.4. The van der Waals surface area contributed by atoms with Crippen LogP contribution >= 0.6 is 11.6 Å². The van der Waals surface area contributed by atoms with Crippen molar-refractivity contribution in [2.45, 2.75) is 19.4 Å². The van der Waals surface area contributed by atoms with Crippen molar-refractivity contribution in [3.63, 3.8) is 0 Å². The van der Waals surface area contributed by atoms with E-state index >= 15 is 0 Å². The van der Waals surface area contributed by atoms with Gasteiger partial charge in [0, 0.05) is 22.5 Å². The Labute approximate surface area is 129 Å². The number of aryl methyl sites for hydroxylation is 1. The fourth-order valence-electron chi connectivity index (χ4n) is 2.03. The first-order valence-corrected chi connectivity index (χ1v) is 8.96. The average molecular weight is 328 g/mol. The number of nitrogens with two attached hydrogens (primary N) is 1. The number of sulfone groups is 1. The Morgan fingerprint density at radius 3 is 2.52 bits per heavy atom. The molecule has 5 nitrogen and oxygen atoms in total. The van der Waals surface area contributed by atoms with Crippen molar-refractivity contribution in [2.24, 2.45) is 5.73 Å². The van der Waals surface area contributed by atoms with E-state index in [1.807, 2.05) is 19.1 Å². The number of halogens is 1. The van der Waals surface area contributed by atoms with Crippen LogP contribution in [0.2, 0.25) is 5.02 Å². The molecule has 0 aliphatic heterocycles. The van der Waals surface area contributed by atoms with Crippen molar-refractivity contribution in [1.82, 2.24) is 9.97 Å². The number of benzene rings is 1. The van der Waals surface area contributed by atoms with E-state index in [1.165, 1.54) is 6.26 Å². The fraction of sp³-hybridized carbons (Fsp3) is 0.357. The summed E-state index contributed by atoms with van der Waals surface area (Å²) in [6.07, 6.45) is 1.54. The summed E-state index contributed by atoms with van der Waals surface area (Å²) in [4.78, 5) is 7.62. The van der Waals surface area contributed by atoms with Crippen molar-refractivity contribution in [3.05, 3.63) is 40.8 Å². The Bertz CT molecular complexity index is 723. The molecular weight excluding hydrogens is 310 g/mol. The number of imidazole rings is 1. The summed E-state index contributed by atoms with van der Waals surface area (Å²) in [5.41, 5.74) is 8.64. The van der Waals surface area contributed by atoms with Crippen LogP contribution in [0.5, 0.6) is 0 Å². The Morgan fingerprint density at radius 2 is 1.95 bits per heavy atom. The van der Waals surface area contributed by atoms with Crippen LogP contribution in [-0.4, -0.2) is 30.4 Å². The van der Waals surface area contributed by atoms with Gasteiger partial charge in [0.1, 0.15) is 15.7 Å². The number of hydrogen-bond donors (Lipinski definition) is 2. The second-order valence-corrected chi connectivity index (χ2v) is 7.82.